The molecule has 0 fully saturated rings. The summed E-state index contributed by atoms with van der Waals surface area (Å²) in [5.74, 6) is 0.403. The number of carbonyl (C=O) groups excluding carboxylic acids is 1. The van der Waals surface area contributed by atoms with Crippen molar-refractivity contribution in [2.45, 2.75) is 20.5 Å². The van der Waals surface area contributed by atoms with Crippen LogP contribution in [0.4, 0.5) is 0 Å². The van der Waals surface area contributed by atoms with E-state index < -0.39 is 0 Å². The van der Waals surface area contributed by atoms with E-state index in [-0.39, 0.29) is 5.97 Å². The number of ether oxygens (including phenoxy) is 2. The lowest BCUT2D eigenvalue weighted by Gasteiger charge is -2.16. The van der Waals surface area contributed by atoms with E-state index in [2.05, 4.69) is 4.57 Å². The van der Waals surface area contributed by atoms with Gasteiger partial charge >= 0.3 is 5.97 Å². The van der Waals surface area contributed by atoms with Crippen molar-refractivity contribution in [2.75, 3.05) is 6.61 Å². The van der Waals surface area contributed by atoms with Crippen LogP contribution in [-0.4, -0.2) is 17.1 Å². The van der Waals surface area contributed by atoms with Gasteiger partial charge in [0, 0.05) is 16.9 Å². The van der Waals surface area contributed by atoms with E-state index in [0.717, 1.165) is 34.0 Å². The first-order chi connectivity index (χ1) is 16.0. The smallest absolute Gasteiger partial charge is 0.338 e. The molecule has 6 heteroatoms. The van der Waals surface area contributed by atoms with Crippen LogP contribution in [0, 0.1) is 6.92 Å². The molecule has 0 atom stereocenters. The summed E-state index contributed by atoms with van der Waals surface area (Å²) >= 11 is 12.2. The summed E-state index contributed by atoms with van der Waals surface area (Å²) in [5, 5.41) is 1.01. The summed E-state index contributed by atoms with van der Waals surface area (Å²) in [4.78, 5) is 12.3. The van der Waals surface area contributed by atoms with E-state index in [1.54, 1.807) is 25.1 Å². The van der Waals surface area contributed by atoms with Gasteiger partial charge in [0.2, 0.25) is 0 Å². The maximum absolute atomic E-state index is 12.3. The predicted octanol–water partition coefficient (Wildman–Crippen LogP) is 7.52. The molecule has 3 aromatic carbocycles. The summed E-state index contributed by atoms with van der Waals surface area (Å²) in [5.41, 5.74) is 5.23. The van der Waals surface area contributed by atoms with Crippen molar-refractivity contribution in [2.24, 2.45) is 0 Å². The quantitative estimate of drug-likeness (QED) is 0.257. The SMILES string of the molecule is CCOC(=O)c1cccc(-n2c(C)ccc2-c2ccccc2OCc2ccc(Cl)c(Cl)c2)c1. The number of hydrogen-bond donors (Lipinski definition) is 0. The number of esters is 1. The standard InChI is InChI=1S/C27H23Cl2NO3/c1-3-32-27(31)20-7-6-8-21(16-20)30-18(2)11-14-25(30)22-9-4-5-10-26(22)33-17-19-12-13-23(28)24(29)15-19/h4-16H,3,17H2,1-2H3. The second-order valence-electron chi connectivity index (χ2n) is 7.50. The molecule has 1 heterocycles. The monoisotopic (exact) mass is 479 g/mol. The molecule has 0 aliphatic carbocycles. The summed E-state index contributed by atoms with van der Waals surface area (Å²) in [7, 11) is 0. The molecule has 33 heavy (non-hydrogen) atoms. The summed E-state index contributed by atoms with van der Waals surface area (Å²) in [6.07, 6.45) is 0. The Morgan fingerprint density at radius 2 is 1.73 bits per heavy atom. The zero-order valence-electron chi connectivity index (χ0n) is 18.3. The molecular weight excluding hydrogens is 457 g/mol. The highest BCUT2D eigenvalue weighted by Gasteiger charge is 2.16. The number of hydrogen-bond acceptors (Lipinski definition) is 3. The molecule has 0 radical (unpaired) electrons. The third-order valence-electron chi connectivity index (χ3n) is 5.23. The van der Waals surface area contributed by atoms with Gasteiger partial charge in [-0.2, -0.15) is 0 Å². The molecule has 0 saturated carbocycles. The van der Waals surface area contributed by atoms with Gasteiger partial charge in [0.15, 0.2) is 0 Å². The Labute approximate surface area is 203 Å². The minimum absolute atomic E-state index is 0.334. The average molecular weight is 480 g/mol. The van der Waals surface area contributed by atoms with Crippen molar-refractivity contribution in [3.8, 4) is 22.7 Å². The van der Waals surface area contributed by atoms with Crippen LogP contribution in [0.15, 0.2) is 78.9 Å². The van der Waals surface area contributed by atoms with Gasteiger partial charge < -0.3 is 14.0 Å². The average Bonchev–Trinajstić information content (AvgIpc) is 3.21. The lowest BCUT2D eigenvalue weighted by Crippen LogP contribution is -2.07. The number of para-hydroxylation sites is 1. The van der Waals surface area contributed by atoms with E-state index in [9.17, 15) is 4.79 Å². The van der Waals surface area contributed by atoms with Crippen LogP contribution in [0.2, 0.25) is 10.0 Å². The molecule has 0 N–H and O–H groups in total. The molecule has 4 nitrogen and oxygen atoms in total. The molecule has 4 rings (SSSR count). The van der Waals surface area contributed by atoms with Crippen LogP contribution in [0.5, 0.6) is 5.75 Å². The van der Waals surface area contributed by atoms with E-state index in [0.29, 0.717) is 28.8 Å². The predicted molar refractivity (Wildman–Crippen MR) is 133 cm³/mol. The van der Waals surface area contributed by atoms with Gasteiger partial charge in [-0.25, -0.2) is 4.79 Å². The van der Waals surface area contributed by atoms with Crippen molar-refractivity contribution < 1.29 is 14.3 Å². The summed E-state index contributed by atoms with van der Waals surface area (Å²) in [6, 6.07) is 24.9. The maximum Gasteiger partial charge on any atom is 0.338 e. The Morgan fingerprint density at radius 1 is 0.909 bits per heavy atom. The van der Waals surface area contributed by atoms with Gasteiger partial charge in [-0.3, -0.25) is 0 Å². The number of halogens is 2. The van der Waals surface area contributed by atoms with E-state index in [1.807, 2.05) is 67.6 Å². The highest BCUT2D eigenvalue weighted by molar-refractivity contribution is 6.42. The molecule has 0 amide bonds. The van der Waals surface area contributed by atoms with E-state index >= 15 is 0 Å². The first kappa shape index (κ1) is 23.0. The molecule has 0 unspecified atom stereocenters. The van der Waals surface area contributed by atoms with Crippen molar-refractivity contribution >= 4 is 29.2 Å². The van der Waals surface area contributed by atoms with Crippen LogP contribution in [0.25, 0.3) is 16.9 Å². The van der Waals surface area contributed by atoms with E-state index in [1.165, 1.54) is 0 Å². The minimum atomic E-state index is -0.337. The summed E-state index contributed by atoms with van der Waals surface area (Å²) < 4.78 is 13.4. The van der Waals surface area contributed by atoms with Crippen LogP contribution in [0.1, 0.15) is 28.5 Å². The Morgan fingerprint density at radius 3 is 2.52 bits per heavy atom. The third-order valence-corrected chi connectivity index (χ3v) is 5.97. The molecule has 1 aromatic heterocycles. The fourth-order valence-electron chi connectivity index (χ4n) is 3.67. The zero-order valence-corrected chi connectivity index (χ0v) is 19.9. The number of carbonyl (C=O) groups is 1. The van der Waals surface area contributed by atoms with Gasteiger partial charge in [0.05, 0.1) is 27.9 Å². The van der Waals surface area contributed by atoms with Crippen molar-refractivity contribution in [3.05, 3.63) is 106 Å². The highest BCUT2D eigenvalue weighted by atomic mass is 35.5. The second kappa shape index (κ2) is 10.2. The fraction of sp³-hybridized carbons (Fsp3) is 0.148. The Kier molecular flexibility index (Phi) is 7.07. The molecule has 0 bridgehead atoms. The Bertz CT molecular complexity index is 1300. The first-order valence-electron chi connectivity index (χ1n) is 10.6. The molecular formula is C27H23Cl2NO3. The van der Waals surface area contributed by atoms with Gasteiger partial charge in [0.25, 0.3) is 0 Å². The van der Waals surface area contributed by atoms with Crippen LogP contribution in [-0.2, 0) is 11.3 Å². The van der Waals surface area contributed by atoms with E-state index in [4.69, 9.17) is 32.7 Å². The lowest BCUT2D eigenvalue weighted by atomic mass is 10.1. The first-order valence-corrected chi connectivity index (χ1v) is 11.4. The molecule has 0 aliphatic rings. The summed E-state index contributed by atoms with van der Waals surface area (Å²) in [6.45, 7) is 4.51. The topological polar surface area (TPSA) is 40.5 Å². The van der Waals surface area contributed by atoms with Gasteiger partial charge in [0.1, 0.15) is 12.4 Å². The normalized spacial score (nSPS) is 10.8. The molecule has 0 spiro atoms. The Balaban J connectivity index is 1.69. The Hall–Kier alpha value is -3.21. The largest absolute Gasteiger partial charge is 0.488 e. The number of aromatic nitrogens is 1. The zero-order chi connectivity index (χ0) is 23.4. The minimum Gasteiger partial charge on any atom is -0.488 e. The molecule has 0 aliphatic heterocycles. The van der Waals surface area contributed by atoms with Gasteiger partial charge in [-0.15, -0.1) is 0 Å². The van der Waals surface area contributed by atoms with Crippen molar-refractivity contribution in [3.63, 3.8) is 0 Å². The third kappa shape index (κ3) is 5.08. The second-order valence-corrected chi connectivity index (χ2v) is 8.31. The van der Waals surface area contributed by atoms with Crippen LogP contribution >= 0.6 is 23.2 Å². The number of nitrogens with zero attached hydrogens (tertiary/aromatic N) is 1. The molecule has 0 saturated heterocycles. The number of rotatable bonds is 7. The van der Waals surface area contributed by atoms with Crippen LogP contribution in [0.3, 0.4) is 0 Å². The lowest BCUT2D eigenvalue weighted by molar-refractivity contribution is 0.0526. The number of aryl methyl sites for hydroxylation is 1. The van der Waals surface area contributed by atoms with Crippen molar-refractivity contribution in [1.29, 1.82) is 0 Å². The van der Waals surface area contributed by atoms with Crippen LogP contribution < -0.4 is 4.74 Å². The van der Waals surface area contributed by atoms with Gasteiger partial charge in [-0.05, 0) is 74.0 Å². The van der Waals surface area contributed by atoms with Crippen molar-refractivity contribution in [1.82, 2.24) is 4.57 Å². The number of benzene rings is 3. The molecule has 4 aromatic rings. The maximum atomic E-state index is 12.3. The fourth-order valence-corrected chi connectivity index (χ4v) is 3.99. The van der Waals surface area contributed by atoms with Gasteiger partial charge in [-0.1, -0.05) is 47.5 Å². The highest BCUT2D eigenvalue weighted by Crippen LogP contribution is 2.34. The molecule has 168 valence electrons.